The average molecular weight is 488 g/mol. The molecule has 0 radical (unpaired) electrons. The molecule has 0 bridgehead atoms. The van der Waals surface area contributed by atoms with Crippen LogP contribution in [0.1, 0.15) is 47.9 Å². The summed E-state index contributed by atoms with van der Waals surface area (Å²) in [7, 11) is 1.27. The normalized spacial score (nSPS) is 11.4. The third-order valence-electron chi connectivity index (χ3n) is 5.97. The number of fused-ring (bicyclic) bond motifs is 1. The second-order valence-corrected chi connectivity index (χ2v) is 8.95. The molecule has 0 atom stereocenters. The summed E-state index contributed by atoms with van der Waals surface area (Å²) < 4.78 is 24.3. The number of benzene rings is 3. The first kappa shape index (κ1) is 24.9. The zero-order chi connectivity index (χ0) is 26.0. The van der Waals surface area contributed by atoms with E-state index in [0.717, 1.165) is 11.1 Å². The van der Waals surface area contributed by atoms with Gasteiger partial charge in [-0.1, -0.05) is 25.1 Å². The third-order valence-corrected chi connectivity index (χ3v) is 5.97. The van der Waals surface area contributed by atoms with Gasteiger partial charge >= 0.3 is 5.97 Å². The topological polar surface area (TPSA) is 85.6 Å². The SMILES string of the molecule is CCC(=O)c1c(-c2ccc(F)cc2)oc2ccc(-c3cccc(C(=O)NC(C)(C)C(=O)OC)c3)cc12. The van der Waals surface area contributed by atoms with Gasteiger partial charge in [-0.3, -0.25) is 9.59 Å². The second-order valence-electron chi connectivity index (χ2n) is 8.95. The Kier molecular flexibility index (Phi) is 6.75. The van der Waals surface area contributed by atoms with Crippen LogP contribution in [0.25, 0.3) is 33.4 Å². The third kappa shape index (κ3) is 4.77. The molecule has 4 aromatic rings. The van der Waals surface area contributed by atoms with E-state index in [2.05, 4.69) is 5.32 Å². The Morgan fingerprint density at radius 1 is 0.944 bits per heavy atom. The number of furan rings is 1. The second kappa shape index (κ2) is 9.77. The van der Waals surface area contributed by atoms with Crippen LogP contribution >= 0.6 is 0 Å². The van der Waals surface area contributed by atoms with Gasteiger partial charge in [-0.05, 0) is 73.5 Å². The van der Waals surface area contributed by atoms with Crippen LogP contribution in [0.15, 0.2) is 71.1 Å². The maximum atomic E-state index is 13.5. The predicted molar refractivity (Wildman–Crippen MR) is 135 cm³/mol. The first-order valence-electron chi connectivity index (χ1n) is 11.5. The number of rotatable bonds is 7. The quantitative estimate of drug-likeness (QED) is 0.249. The van der Waals surface area contributed by atoms with Crippen LogP contribution in [-0.4, -0.2) is 30.3 Å². The molecular formula is C29H26FNO5. The molecular weight excluding hydrogens is 461 g/mol. The molecule has 0 saturated carbocycles. The molecule has 0 saturated heterocycles. The van der Waals surface area contributed by atoms with Crippen molar-refractivity contribution in [3.8, 4) is 22.5 Å². The van der Waals surface area contributed by atoms with Crippen molar-refractivity contribution in [2.24, 2.45) is 0 Å². The summed E-state index contributed by atoms with van der Waals surface area (Å²) in [6.07, 6.45) is 0.276. The Morgan fingerprint density at radius 2 is 1.61 bits per heavy atom. The minimum absolute atomic E-state index is 0.0941. The zero-order valence-electron chi connectivity index (χ0n) is 20.5. The summed E-state index contributed by atoms with van der Waals surface area (Å²) in [5.41, 5.74) is 2.29. The fourth-order valence-corrected chi connectivity index (χ4v) is 4.04. The average Bonchev–Trinajstić information content (AvgIpc) is 3.26. The predicted octanol–water partition coefficient (Wildman–Crippen LogP) is 6.18. The van der Waals surface area contributed by atoms with Crippen molar-refractivity contribution in [2.75, 3.05) is 7.11 Å². The number of nitrogens with one attached hydrogen (secondary N) is 1. The minimum Gasteiger partial charge on any atom is -0.467 e. The van der Waals surface area contributed by atoms with Crippen LogP contribution in [0, 0.1) is 5.82 Å². The maximum absolute atomic E-state index is 13.5. The van der Waals surface area contributed by atoms with Gasteiger partial charge < -0.3 is 14.5 Å². The Morgan fingerprint density at radius 3 is 2.28 bits per heavy atom. The first-order chi connectivity index (χ1) is 17.1. The van der Waals surface area contributed by atoms with Crippen LogP contribution < -0.4 is 5.32 Å². The molecule has 7 heteroatoms. The summed E-state index contributed by atoms with van der Waals surface area (Å²) >= 11 is 0. The molecule has 6 nitrogen and oxygen atoms in total. The van der Waals surface area contributed by atoms with Gasteiger partial charge in [0, 0.05) is 22.9 Å². The molecule has 0 aliphatic rings. The van der Waals surface area contributed by atoms with Gasteiger partial charge in [0.25, 0.3) is 5.91 Å². The van der Waals surface area contributed by atoms with Gasteiger partial charge in [-0.25, -0.2) is 9.18 Å². The van der Waals surface area contributed by atoms with Crippen LogP contribution in [0.5, 0.6) is 0 Å². The van der Waals surface area contributed by atoms with E-state index in [4.69, 9.17) is 9.15 Å². The molecule has 1 amide bonds. The number of hydrogen-bond donors (Lipinski definition) is 1. The van der Waals surface area contributed by atoms with Crippen LogP contribution in [-0.2, 0) is 9.53 Å². The Balaban J connectivity index is 1.76. The molecule has 0 spiro atoms. The van der Waals surface area contributed by atoms with E-state index in [0.29, 0.717) is 33.4 Å². The molecule has 3 aromatic carbocycles. The van der Waals surface area contributed by atoms with Gasteiger partial charge in [0.15, 0.2) is 5.78 Å². The molecule has 0 aliphatic carbocycles. The van der Waals surface area contributed by atoms with Crippen molar-refractivity contribution in [1.82, 2.24) is 5.32 Å². The van der Waals surface area contributed by atoms with Crippen molar-refractivity contribution in [3.05, 3.63) is 83.7 Å². The molecule has 0 fully saturated rings. The van der Waals surface area contributed by atoms with E-state index in [-0.39, 0.29) is 18.0 Å². The van der Waals surface area contributed by atoms with Crippen molar-refractivity contribution in [2.45, 2.75) is 32.7 Å². The lowest BCUT2D eigenvalue weighted by molar-refractivity contribution is -0.146. The fraction of sp³-hybridized carbons (Fsp3) is 0.207. The van der Waals surface area contributed by atoms with Crippen LogP contribution in [0.3, 0.4) is 0 Å². The van der Waals surface area contributed by atoms with Gasteiger partial charge in [0.05, 0.1) is 12.7 Å². The smallest absolute Gasteiger partial charge is 0.330 e. The fourth-order valence-electron chi connectivity index (χ4n) is 4.04. The molecule has 1 heterocycles. The summed E-state index contributed by atoms with van der Waals surface area (Å²) in [6.45, 7) is 4.91. The largest absolute Gasteiger partial charge is 0.467 e. The Labute approximate surface area is 208 Å². The summed E-state index contributed by atoms with van der Waals surface area (Å²) in [4.78, 5) is 37.7. The number of esters is 1. The van der Waals surface area contributed by atoms with Gasteiger partial charge in [0.2, 0.25) is 0 Å². The summed E-state index contributed by atoms with van der Waals surface area (Å²) in [5.74, 6) is -1.05. The van der Waals surface area contributed by atoms with Gasteiger partial charge in [-0.2, -0.15) is 0 Å². The minimum atomic E-state index is -1.19. The summed E-state index contributed by atoms with van der Waals surface area (Å²) in [5, 5.41) is 3.33. The number of halogens is 1. The number of Topliss-reactive ketones (excluding diaryl/α,β-unsaturated/α-hetero) is 1. The molecule has 0 unspecified atom stereocenters. The highest BCUT2D eigenvalue weighted by molar-refractivity contribution is 6.12. The monoisotopic (exact) mass is 487 g/mol. The van der Waals surface area contributed by atoms with E-state index in [1.165, 1.54) is 19.2 Å². The van der Waals surface area contributed by atoms with Crippen molar-refractivity contribution in [1.29, 1.82) is 0 Å². The number of ether oxygens (including phenoxy) is 1. The van der Waals surface area contributed by atoms with E-state index < -0.39 is 17.4 Å². The highest BCUT2D eigenvalue weighted by Gasteiger charge is 2.31. The number of hydrogen-bond acceptors (Lipinski definition) is 5. The number of ketones is 1. The van der Waals surface area contributed by atoms with E-state index in [9.17, 15) is 18.8 Å². The molecule has 36 heavy (non-hydrogen) atoms. The van der Waals surface area contributed by atoms with E-state index in [1.54, 1.807) is 57.2 Å². The molecule has 0 aliphatic heterocycles. The van der Waals surface area contributed by atoms with Crippen LogP contribution in [0.2, 0.25) is 0 Å². The number of methoxy groups -OCH3 is 1. The zero-order valence-corrected chi connectivity index (χ0v) is 20.5. The highest BCUT2D eigenvalue weighted by Crippen LogP contribution is 2.37. The Bertz CT molecular complexity index is 1470. The lowest BCUT2D eigenvalue weighted by atomic mass is 9.96. The van der Waals surface area contributed by atoms with Crippen molar-refractivity contribution >= 4 is 28.6 Å². The summed E-state index contributed by atoms with van der Waals surface area (Å²) in [6, 6.07) is 18.3. The molecule has 1 N–H and O–H groups in total. The maximum Gasteiger partial charge on any atom is 0.330 e. The number of amides is 1. The Hall–Kier alpha value is -4.26. The number of carbonyl (C=O) groups excluding carboxylic acids is 3. The first-order valence-corrected chi connectivity index (χ1v) is 11.5. The lowest BCUT2D eigenvalue weighted by Gasteiger charge is -2.23. The molecule has 184 valence electrons. The van der Waals surface area contributed by atoms with Gasteiger partial charge in [0.1, 0.15) is 22.7 Å². The highest BCUT2D eigenvalue weighted by atomic mass is 19.1. The number of carbonyl (C=O) groups is 3. The van der Waals surface area contributed by atoms with E-state index >= 15 is 0 Å². The molecule has 4 rings (SSSR count). The van der Waals surface area contributed by atoms with Crippen molar-refractivity contribution in [3.63, 3.8) is 0 Å². The van der Waals surface area contributed by atoms with Crippen LogP contribution in [0.4, 0.5) is 4.39 Å². The standard InChI is InChI=1S/C29H26FNO5/c1-5-23(32)25-22-16-19(11-14-24(22)36-26(25)17-9-12-21(30)13-10-17)18-7-6-8-20(15-18)27(33)31-29(2,3)28(34)35-4/h6-16H,5H2,1-4H3,(H,31,33). The van der Waals surface area contributed by atoms with E-state index in [1.807, 2.05) is 18.2 Å². The lowest BCUT2D eigenvalue weighted by Crippen LogP contribution is -2.50. The molecule has 1 aromatic heterocycles. The van der Waals surface area contributed by atoms with Crippen molar-refractivity contribution < 1.29 is 27.9 Å². The van der Waals surface area contributed by atoms with Gasteiger partial charge in [-0.15, -0.1) is 0 Å².